The number of thiazole rings is 1. The van der Waals surface area contributed by atoms with Crippen molar-refractivity contribution >= 4 is 41.0 Å². The van der Waals surface area contributed by atoms with E-state index in [-0.39, 0.29) is 65.7 Å². The molecule has 12 nitrogen and oxygen atoms in total. The number of aliphatic carboxylic acids is 1. The van der Waals surface area contributed by atoms with Crippen LogP contribution in [-0.2, 0) is 23.9 Å². The van der Waals surface area contributed by atoms with E-state index in [1.165, 1.54) is 18.3 Å². The largest absolute Gasteiger partial charge is 0.481 e. The number of nitrogens with one attached hydrogen (secondary N) is 2. The van der Waals surface area contributed by atoms with Crippen LogP contribution in [0.1, 0.15) is 127 Å². The summed E-state index contributed by atoms with van der Waals surface area (Å²) in [7, 11) is 1.73. The second-order valence-electron chi connectivity index (χ2n) is 14.2. The zero-order valence-corrected chi connectivity index (χ0v) is 30.6. The molecule has 2 fully saturated rings. The average Bonchev–Trinajstić information content (AvgIpc) is 3.54. The van der Waals surface area contributed by atoms with Crippen molar-refractivity contribution < 1.29 is 33.8 Å². The first kappa shape index (κ1) is 39.4. The lowest BCUT2D eigenvalue weighted by Gasteiger charge is -2.38. The van der Waals surface area contributed by atoms with Crippen molar-refractivity contribution in [2.45, 2.75) is 136 Å². The topological polar surface area (TPSA) is 158 Å². The van der Waals surface area contributed by atoms with Crippen LogP contribution in [0.15, 0.2) is 5.38 Å². The Morgan fingerprint density at radius 3 is 2.33 bits per heavy atom. The zero-order valence-electron chi connectivity index (χ0n) is 29.8. The molecule has 3 rings (SSSR count). The van der Waals surface area contributed by atoms with Crippen LogP contribution in [0, 0.1) is 17.8 Å². The van der Waals surface area contributed by atoms with Gasteiger partial charge in [-0.15, -0.1) is 11.3 Å². The third kappa shape index (κ3) is 11.0. The molecule has 0 radical (unpaired) electrons. The van der Waals surface area contributed by atoms with Crippen LogP contribution in [0.3, 0.4) is 0 Å². The maximum absolute atomic E-state index is 14.1. The highest BCUT2D eigenvalue weighted by Gasteiger charge is 2.37. The van der Waals surface area contributed by atoms with Crippen molar-refractivity contribution in [3.63, 3.8) is 0 Å². The molecule has 13 heteroatoms. The Morgan fingerprint density at radius 2 is 1.75 bits per heavy atom. The van der Waals surface area contributed by atoms with Gasteiger partial charge in [0.25, 0.3) is 5.91 Å². The molecule has 1 saturated heterocycles. The van der Waals surface area contributed by atoms with Gasteiger partial charge >= 0.3 is 11.9 Å². The number of ether oxygens (including phenoxy) is 1. The van der Waals surface area contributed by atoms with Gasteiger partial charge in [-0.25, -0.2) is 4.98 Å². The van der Waals surface area contributed by atoms with Gasteiger partial charge in [0.1, 0.15) is 16.7 Å². The minimum absolute atomic E-state index is 0.0212. The van der Waals surface area contributed by atoms with Gasteiger partial charge in [-0.1, -0.05) is 47.5 Å². The van der Waals surface area contributed by atoms with Crippen LogP contribution in [0.2, 0.25) is 0 Å². The fourth-order valence-electron chi connectivity index (χ4n) is 6.84. The molecule has 3 amide bonds. The number of amides is 3. The lowest BCUT2D eigenvalue weighted by molar-refractivity contribution is -0.149. The summed E-state index contributed by atoms with van der Waals surface area (Å²) in [6, 6.07) is -1.44. The molecule has 1 aromatic heterocycles. The molecular formula is C35H57N5O7S. The van der Waals surface area contributed by atoms with Crippen molar-refractivity contribution in [3.05, 3.63) is 16.1 Å². The summed E-state index contributed by atoms with van der Waals surface area (Å²) in [6.07, 6.45) is 6.60. The van der Waals surface area contributed by atoms with Crippen LogP contribution >= 0.6 is 11.3 Å². The molecular weight excluding hydrogens is 634 g/mol. The van der Waals surface area contributed by atoms with Gasteiger partial charge in [0.2, 0.25) is 11.8 Å². The van der Waals surface area contributed by atoms with E-state index in [0.717, 1.165) is 45.2 Å². The minimum atomic E-state index is -0.800. The van der Waals surface area contributed by atoms with Crippen LogP contribution < -0.4 is 10.6 Å². The van der Waals surface area contributed by atoms with E-state index in [4.69, 9.17) is 4.74 Å². The number of likely N-dealkylation sites (N-methyl/N-ethyl adjacent to an activating group) is 1. The first-order valence-corrected chi connectivity index (χ1v) is 18.6. The Morgan fingerprint density at radius 1 is 1.06 bits per heavy atom. The molecule has 2 aliphatic rings. The molecule has 1 saturated carbocycles. The Kier molecular flexibility index (Phi) is 15.3. The SMILES string of the molecule is CCCCN1CCCC[C@@H]1C(=O)NC(C(=O)N(C)C(CC(OC(C)=O)c1nc(C(=O)NC2CCC(C(=O)O)CC2)cs1)C(C)C)C(C)C. The lowest BCUT2D eigenvalue weighted by Crippen LogP contribution is -2.58. The molecule has 48 heavy (non-hydrogen) atoms. The number of hydrogen-bond acceptors (Lipinski definition) is 9. The van der Waals surface area contributed by atoms with Gasteiger partial charge < -0.3 is 25.4 Å². The maximum atomic E-state index is 14.1. The predicted molar refractivity (Wildman–Crippen MR) is 184 cm³/mol. The fourth-order valence-corrected chi connectivity index (χ4v) is 7.68. The number of hydrogen-bond donors (Lipinski definition) is 3. The number of carbonyl (C=O) groups is 5. The Hall–Kier alpha value is -3.06. The van der Waals surface area contributed by atoms with E-state index in [9.17, 15) is 29.1 Å². The van der Waals surface area contributed by atoms with E-state index in [1.54, 1.807) is 17.3 Å². The van der Waals surface area contributed by atoms with E-state index in [1.807, 2.05) is 27.7 Å². The number of nitrogens with zero attached hydrogens (tertiary/aromatic N) is 3. The molecule has 0 aromatic carbocycles. The molecule has 0 bridgehead atoms. The summed E-state index contributed by atoms with van der Waals surface area (Å²) in [5.41, 5.74) is 0.205. The van der Waals surface area contributed by atoms with Gasteiger partial charge in [0.15, 0.2) is 6.10 Å². The number of piperidine rings is 1. The third-order valence-electron chi connectivity index (χ3n) is 9.77. The Labute approximate surface area is 289 Å². The summed E-state index contributed by atoms with van der Waals surface area (Å²) in [4.78, 5) is 72.7. The third-order valence-corrected chi connectivity index (χ3v) is 10.7. The Balaban J connectivity index is 1.72. The standard InChI is InChI=1S/C35H57N5O7S/c1-8-9-17-40-18-11-10-12-27(40)32(43)38-30(22(4)5)34(44)39(7)28(21(2)3)19-29(47-23(6)41)33-37-26(20-48-33)31(42)36-25-15-13-24(14-16-25)35(45)46/h20-22,24-25,27-30H,8-19H2,1-7H3,(H,36,42)(H,38,43)(H,45,46)/t24?,25?,27-,28?,29?,30?/m1/s1. The van der Waals surface area contributed by atoms with Gasteiger partial charge in [0.05, 0.1) is 12.0 Å². The minimum Gasteiger partial charge on any atom is -0.481 e. The summed E-state index contributed by atoms with van der Waals surface area (Å²) in [5.74, 6) is -2.50. The number of carboxylic acids is 1. The molecule has 1 aliphatic carbocycles. The normalized spacial score (nSPS) is 22.1. The van der Waals surface area contributed by atoms with E-state index < -0.39 is 24.1 Å². The number of carbonyl (C=O) groups excluding carboxylic acids is 4. The van der Waals surface area contributed by atoms with E-state index in [2.05, 4.69) is 27.4 Å². The second kappa shape index (κ2) is 18.6. The highest BCUT2D eigenvalue weighted by atomic mass is 32.1. The first-order chi connectivity index (χ1) is 22.7. The number of esters is 1. The Bertz CT molecular complexity index is 1250. The number of rotatable bonds is 16. The monoisotopic (exact) mass is 691 g/mol. The number of carboxylic acid groups (broad SMARTS) is 1. The molecule has 270 valence electrons. The molecule has 4 atom stereocenters. The quantitative estimate of drug-likeness (QED) is 0.207. The highest BCUT2D eigenvalue weighted by molar-refractivity contribution is 7.09. The van der Waals surface area contributed by atoms with Crippen molar-refractivity contribution in [3.8, 4) is 0 Å². The van der Waals surface area contributed by atoms with Gasteiger partial charge in [-0.3, -0.25) is 28.9 Å². The predicted octanol–water partition coefficient (Wildman–Crippen LogP) is 4.79. The number of likely N-dealkylation sites (tertiary alicyclic amines) is 1. The van der Waals surface area contributed by atoms with Crippen LogP contribution in [0.4, 0.5) is 0 Å². The van der Waals surface area contributed by atoms with Gasteiger partial charge in [-0.05, 0) is 69.9 Å². The van der Waals surface area contributed by atoms with Crippen LogP contribution in [0.25, 0.3) is 0 Å². The lowest BCUT2D eigenvalue weighted by atomic mass is 9.86. The smallest absolute Gasteiger partial charge is 0.306 e. The molecule has 3 unspecified atom stereocenters. The van der Waals surface area contributed by atoms with E-state index in [0.29, 0.717) is 30.7 Å². The molecule has 2 heterocycles. The first-order valence-electron chi connectivity index (χ1n) is 17.7. The van der Waals surface area contributed by atoms with Crippen molar-refractivity contribution in [2.24, 2.45) is 17.8 Å². The summed E-state index contributed by atoms with van der Waals surface area (Å²) >= 11 is 1.22. The summed E-state index contributed by atoms with van der Waals surface area (Å²) in [5, 5.41) is 17.4. The highest BCUT2D eigenvalue weighted by Crippen LogP contribution is 2.31. The van der Waals surface area contributed by atoms with E-state index >= 15 is 0 Å². The molecule has 1 aromatic rings. The molecule has 1 aliphatic heterocycles. The van der Waals surface area contributed by atoms with Crippen LogP contribution in [0.5, 0.6) is 0 Å². The maximum Gasteiger partial charge on any atom is 0.306 e. The number of aromatic nitrogens is 1. The summed E-state index contributed by atoms with van der Waals surface area (Å²) in [6.45, 7) is 13.1. The average molecular weight is 692 g/mol. The molecule has 3 N–H and O–H groups in total. The van der Waals surface area contributed by atoms with Crippen molar-refractivity contribution in [2.75, 3.05) is 20.1 Å². The van der Waals surface area contributed by atoms with Gasteiger partial charge in [0, 0.05) is 37.9 Å². The van der Waals surface area contributed by atoms with Crippen molar-refractivity contribution in [1.82, 2.24) is 25.4 Å². The van der Waals surface area contributed by atoms with Gasteiger partial charge in [-0.2, -0.15) is 0 Å². The van der Waals surface area contributed by atoms with Crippen molar-refractivity contribution in [1.29, 1.82) is 0 Å². The fraction of sp³-hybridized carbons (Fsp3) is 0.771. The molecule has 0 spiro atoms. The second-order valence-corrected chi connectivity index (χ2v) is 15.0. The van der Waals surface area contributed by atoms with Crippen LogP contribution in [-0.4, -0.2) is 93.9 Å². The zero-order chi connectivity index (χ0) is 35.5. The number of unbranched alkanes of at least 4 members (excludes halogenated alkanes) is 1. The summed E-state index contributed by atoms with van der Waals surface area (Å²) < 4.78 is 5.73.